The topological polar surface area (TPSA) is 266 Å². The number of hydrogen-bond donors (Lipinski definition) is 4. The van der Waals surface area contributed by atoms with E-state index in [-0.39, 0.29) is 25.2 Å². The first-order valence-electron chi connectivity index (χ1n) is 26.0. The molecule has 0 bridgehead atoms. The van der Waals surface area contributed by atoms with E-state index >= 15 is 0 Å². The molecular formula is C53H78N6O15S. The fourth-order valence-electron chi connectivity index (χ4n) is 10.1. The molecule has 0 spiro atoms. The van der Waals surface area contributed by atoms with Crippen LogP contribution in [0.4, 0.5) is 0 Å². The zero-order chi connectivity index (χ0) is 54.3. The fraction of sp³-hybridized carbons (Fsp3) is 0.679. The number of allylic oxidation sites excluding steroid dienone is 3. The van der Waals surface area contributed by atoms with Crippen LogP contribution in [0.2, 0.25) is 0 Å². The average molecular weight is 1070 g/mol. The highest BCUT2D eigenvalue weighted by molar-refractivity contribution is 7.09. The summed E-state index contributed by atoms with van der Waals surface area (Å²) in [6, 6.07) is 6.89. The second-order valence-corrected chi connectivity index (χ2v) is 20.9. The van der Waals surface area contributed by atoms with Crippen LogP contribution in [-0.4, -0.2) is 189 Å². The smallest absolute Gasteiger partial charge is 0.308 e. The van der Waals surface area contributed by atoms with Crippen molar-refractivity contribution in [2.45, 2.75) is 166 Å². The lowest BCUT2D eigenvalue weighted by molar-refractivity contribution is -0.305. The minimum atomic E-state index is -1.42. The Morgan fingerprint density at radius 3 is 2.33 bits per heavy atom. The Morgan fingerprint density at radius 2 is 1.65 bits per heavy atom. The van der Waals surface area contributed by atoms with Gasteiger partial charge in [-0.25, -0.2) is 0 Å². The van der Waals surface area contributed by atoms with Gasteiger partial charge >= 0.3 is 5.97 Å². The molecule has 3 aliphatic heterocycles. The van der Waals surface area contributed by atoms with Crippen molar-refractivity contribution in [3.63, 3.8) is 0 Å². The third-order valence-electron chi connectivity index (χ3n) is 14.6. The van der Waals surface area contributed by atoms with Gasteiger partial charge in [0.15, 0.2) is 18.4 Å². The molecule has 2 saturated heterocycles. The molecule has 6 rings (SSSR count). The quantitative estimate of drug-likeness (QED) is 0.0713. The highest BCUT2D eigenvalue weighted by Crippen LogP contribution is 2.35. The second kappa shape index (κ2) is 28.8. The Hall–Kier alpha value is -4.43. The zero-order valence-electron chi connectivity index (χ0n) is 44.5. The molecule has 0 radical (unpaired) electrons. The van der Waals surface area contributed by atoms with E-state index in [2.05, 4.69) is 19.9 Å². The molecule has 2 fully saturated rings. The number of aliphatic hydroxyl groups excluding tert-OH is 4. The van der Waals surface area contributed by atoms with Crippen molar-refractivity contribution in [1.82, 2.24) is 29.5 Å². The van der Waals surface area contributed by atoms with Gasteiger partial charge in [0.2, 0.25) is 0 Å². The van der Waals surface area contributed by atoms with E-state index in [1.807, 2.05) is 55.3 Å². The van der Waals surface area contributed by atoms with Crippen molar-refractivity contribution in [3.8, 4) is 16.2 Å². The summed E-state index contributed by atoms with van der Waals surface area (Å²) in [5.41, 5.74) is 2.42. The summed E-state index contributed by atoms with van der Waals surface area (Å²) in [6.07, 6.45) is -1.50. The van der Waals surface area contributed by atoms with Crippen molar-refractivity contribution in [2.75, 3.05) is 41.0 Å². The summed E-state index contributed by atoms with van der Waals surface area (Å²) >= 11 is 1.33. The number of carbonyl (C=O) groups excluding carboxylic acids is 3. The lowest BCUT2D eigenvalue weighted by atomic mass is 9.79. The lowest BCUT2D eigenvalue weighted by Gasteiger charge is -2.47. The molecule has 17 atom stereocenters. The highest BCUT2D eigenvalue weighted by atomic mass is 32.1. The Bertz CT molecular complexity index is 2290. The summed E-state index contributed by atoms with van der Waals surface area (Å²) in [7, 11) is 4.70. The maximum atomic E-state index is 13.8. The molecule has 0 aliphatic carbocycles. The third kappa shape index (κ3) is 16.1. The first-order chi connectivity index (χ1) is 36.0. The van der Waals surface area contributed by atoms with Gasteiger partial charge in [-0.15, -0.1) is 10.2 Å². The molecule has 3 aromatic rings. The number of aliphatic hydroxyl groups is 4. The van der Waals surface area contributed by atoms with Gasteiger partial charge in [-0.2, -0.15) is 0 Å². The van der Waals surface area contributed by atoms with E-state index in [4.69, 9.17) is 37.9 Å². The van der Waals surface area contributed by atoms with Crippen LogP contribution in [0.15, 0.2) is 60.5 Å². The average Bonchev–Trinajstić information content (AvgIpc) is 4.11. The number of aromatic nitrogens is 5. The minimum Gasteiger partial charge on any atom is -0.494 e. The normalized spacial score (nSPS) is 34.6. The standard InChI is InChI=1S/C53H78N6O15S/c1-10-42-37(29-70-53-51(68-9)50(67-8)47(65)34(6)72-53)24-30(2)12-17-40(61)31(3)25-36(19-22-60)49(32(4)41(62)26-44(63)73-42)74-52-48(66)45(46(64)33(5)71-52)58(7)21-18-38-28-59(56-55-38)20-11-23-69-39-15-13-35(14-16-39)43-27-54-57-75-43/h12-17,22,24,27-28,31-34,36-37,41-42,45-53,62,64-66H,10-11,18-21,23,25-26,29H2,1-9H3/b17-12+,30-24+/t31-,32+,33?,34?,36+,37-,41-,42-,45?,46?,47?,48?,49-,50?,51?,52?,53?/m1/s1. The van der Waals surface area contributed by atoms with Crippen LogP contribution in [0.1, 0.15) is 79.3 Å². The van der Waals surface area contributed by atoms with Crippen molar-refractivity contribution in [1.29, 1.82) is 0 Å². The van der Waals surface area contributed by atoms with Crippen LogP contribution in [0.5, 0.6) is 5.75 Å². The Balaban J connectivity index is 1.11. The van der Waals surface area contributed by atoms with Crippen molar-refractivity contribution in [3.05, 3.63) is 66.2 Å². The van der Waals surface area contributed by atoms with Crippen molar-refractivity contribution >= 4 is 29.6 Å². The van der Waals surface area contributed by atoms with Gasteiger partial charge < -0.3 is 63.1 Å². The van der Waals surface area contributed by atoms with E-state index in [0.717, 1.165) is 22.5 Å². The Kier molecular flexibility index (Phi) is 23.0. The number of aryl methyl sites for hydroxylation is 1. The van der Waals surface area contributed by atoms with Gasteiger partial charge in [0.1, 0.15) is 42.6 Å². The third-order valence-corrected chi connectivity index (χ3v) is 15.3. The first-order valence-corrected chi connectivity index (χ1v) is 26.7. The predicted octanol–water partition coefficient (Wildman–Crippen LogP) is 3.75. The maximum Gasteiger partial charge on any atom is 0.308 e. The number of benzene rings is 1. The van der Waals surface area contributed by atoms with Crippen LogP contribution in [0, 0.1) is 23.7 Å². The van der Waals surface area contributed by atoms with Crippen molar-refractivity contribution in [2.24, 2.45) is 23.7 Å². The molecule has 0 saturated carbocycles. The van der Waals surface area contributed by atoms with Crippen LogP contribution in [0.3, 0.4) is 0 Å². The molecule has 75 heavy (non-hydrogen) atoms. The number of cyclic esters (lactones) is 1. The van der Waals surface area contributed by atoms with E-state index in [9.17, 15) is 34.8 Å². The summed E-state index contributed by atoms with van der Waals surface area (Å²) in [5, 5.41) is 58.6. The largest absolute Gasteiger partial charge is 0.494 e. The zero-order valence-corrected chi connectivity index (χ0v) is 45.3. The molecule has 21 nitrogen and oxygen atoms in total. The molecule has 2 aromatic heterocycles. The minimum absolute atomic E-state index is 0.00996. The summed E-state index contributed by atoms with van der Waals surface area (Å²) in [5.74, 6) is -2.87. The molecule has 5 heterocycles. The van der Waals surface area contributed by atoms with E-state index < -0.39 is 116 Å². The number of nitrogens with zero attached hydrogens (tertiary/aromatic N) is 6. The SMILES string of the molecule is CC[C@H]1OC(=O)C[C@@H](O)[C@H](C)[C@@H](OC2OC(C)C(O)C(N(C)CCc3cn(CCCOc4ccc(-c5cnns5)cc4)nn3)C2O)[C@@H](CC=O)C[C@@H](C)C(=O)/C=C/C(C)=C/[C@@H]1COC1OC(C)C(O)C(OC)C1OC. The Labute approximate surface area is 443 Å². The number of rotatable bonds is 20. The van der Waals surface area contributed by atoms with Gasteiger partial charge in [-0.05, 0) is 94.0 Å². The molecular weight excluding hydrogens is 993 g/mol. The first kappa shape index (κ1) is 59.8. The molecule has 10 unspecified atom stereocenters. The number of carbonyl (C=O) groups is 3. The van der Waals surface area contributed by atoms with Crippen LogP contribution in [0.25, 0.3) is 10.4 Å². The monoisotopic (exact) mass is 1070 g/mol. The summed E-state index contributed by atoms with van der Waals surface area (Å²) in [6.45, 7) is 11.9. The molecule has 22 heteroatoms. The number of ether oxygens (including phenoxy) is 8. The summed E-state index contributed by atoms with van der Waals surface area (Å²) in [4.78, 5) is 42.8. The fourth-order valence-corrected chi connectivity index (χ4v) is 10.6. The number of hydrogen-bond acceptors (Lipinski definition) is 21. The molecule has 416 valence electrons. The van der Waals surface area contributed by atoms with Crippen LogP contribution in [-0.2, 0) is 60.5 Å². The molecule has 0 amide bonds. The lowest BCUT2D eigenvalue weighted by Crippen LogP contribution is -2.64. The number of likely N-dealkylation sites (N-methyl/N-ethyl adjacent to an activating group) is 1. The predicted molar refractivity (Wildman–Crippen MR) is 274 cm³/mol. The Morgan fingerprint density at radius 1 is 0.933 bits per heavy atom. The number of esters is 1. The molecule has 3 aliphatic rings. The van der Waals surface area contributed by atoms with Crippen LogP contribution >= 0.6 is 11.5 Å². The van der Waals surface area contributed by atoms with E-state index in [0.29, 0.717) is 50.2 Å². The van der Waals surface area contributed by atoms with Crippen molar-refractivity contribution < 1.29 is 72.7 Å². The summed E-state index contributed by atoms with van der Waals surface area (Å²) < 4.78 is 53.9. The number of methoxy groups -OCH3 is 2. The van der Waals surface area contributed by atoms with E-state index in [1.165, 1.54) is 31.8 Å². The highest BCUT2D eigenvalue weighted by Gasteiger charge is 2.48. The van der Waals surface area contributed by atoms with Gasteiger partial charge in [0.25, 0.3) is 0 Å². The molecule has 1 aromatic carbocycles. The van der Waals surface area contributed by atoms with Gasteiger partial charge in [0, 0.05) is 70.5 Å². The molecule has 4 N–H and O–H groups in total. The van der Waals surface area contributed by atoms with Gasteiger partial charge in [0.05, 0.1) is 73.0 Å². The van der Waals surface area contributed by atoms with E-state index in [1.54, 1.807) is 51.7 Å². The number of aldehydes is 1. The number of ketones is 1. The van der Waals surface area contributed by atoms with Gasteiger partial charge in [-0.3, -0.25) is 19.2 Å². The van der Waals surface area contributed by atoms with Crippen LogP contribution < -0.4 is 4.74 Å². The second-order valence-electron chi connectivity index (χ2n) is 20.1. The van der Waals surface area contributed by atoms with Gasteiger partial charge in [-0.1, -0.05) is 48.2 Å². The maximum absolute atomic E-state index is 13.8.